The number of carbonyl (C=O) groups is 1. The van der Waals surface area contributed by atoms with Crippen LogP contribution in [-0.4, -0.2) is 50.7 Å². The molecule has 0 bridgehead atoms. The topological polar surface area (TPSA) is 82.6 Å². The van der Waals surface area contributed by atoms with Crippen molar-refractivity contribution in [2.24, 2.45) is 0 Å². The summed E-state index contributed by atoms with van der Waals surface area (Å²) in [6.45, 7) is 6.28. The highest BCUT2D eigenvalue weighted by Gasteiger charge is 1.92. The molecule has 0 aliphatic rings. The van der Waals surface area contributed by atoms with Gasteiger partial charge in [-0.2, -0.15) is 0 Å². The Bertz CT molecular complexity index is 156. The summed E-state index contributed by atoms with van der Waals surface area (Å²) in [5, 5.41) is 16.9. The Kier molecular flexibility index (Phi) is 10.6. The minimum absolute atomic E-state index is 0.495. The molecule has 0 heterocycles. The highest BCUT2D eigenvalue weighted by Crippen LogP contribution is 1.73. The molecule has 0 unspecified atom stereocenters. The maximum atomic E-state index is 10.1. The van der Waals surface area contributed by atoms with Crippen LogP contribution in [0.3, 0.4) is 0 Å². The Balaban J connectivity index is 2.89. The normalized spacial score (nSPS) is 10.2. The first-order valence-electron chi connectivity index (χ1n) is 5.23. The lowest BCUT2D eigenvalue weighted by molar-refractivity contribution is 0.129. The van der Waals surface area contributed by atoms with Crippen molar-refractivity contribution in [2.45, 2.75) is 13.3 Å². The van der Waals surface area contributed by atoms with E-state index in [2.05, 4.69) is 16.0 Å². The van der Waals surface area contributed by atoms with Gasteiger partial charge in [0.2, 0.25) is 0 Å². The summed E-state index contributed by atoms with van der Waals surface area (Å²) in [4.78, 5) is 10.1. The van der Waals surface area contributed by atoms with Crippen molar-refractivity contribution in [1.29, 1.82) is 0 Å². The lowest BCUT2D eigenvalue weighted by Crippen LogP contribution is -2.31. The SMILES string of the molecule is CCOCNCCNCCCNC(=O)O. The minimum Gasteiger partial charge on any atom is -0.465 e. The number of ether oxygens (including phenoxy) is 1. The van der Waals surface area contributed by atoms with Crippen LogP contribution < -0.4 is 16.0 Å². The van der Waals surface area contributed by atoms with E-state index in [4.69, 9.17) is 9.84 Å². The van der Waals surface area contributed by atoms with E-state index in [1.165, 1.54) is 0 Å². The maximum absolute atomic E-state index is 10.1. The molecule has 15 heavy (non-hydrogen) atoms. The number of rotatable bonds is 10. The molecule has 0 spiro atoms. The summed E-state index contributed by atoms with van der Waals surface area (Å²) in [7, 11) is 0. The molecule has 4 N–H and O–H groups in total. The van der Waals surface area contributed by atoms with E-state index >= 15 is 0 Å². The van der Waals surface area contributed by atoms with Crippen LogP contribution in [0.4, 0.5) is 4.79 Å². The zero-order valence-electron chi connectivity index (χ0n) is 9.21. The zero-order valence-corrected chi connectivity index (χ0v) is 9.21. The van der Waals surface area contributed by atoms with Crippen LogP contribution in [-0.2, 0) is 4.74 Å². The molecular weight excluding hydrogens is 198 g/mol. The van der Waals surface area contributed by atoms with E-state index in [1.54, 1.807) is 0 Å². The number of hydrogen-bond acceptors (Lipinski definition) is 4. The summed E-state index contributed by atoms with van der Waals surface area (Å²) in [6, 6.07) is 0. The van der Waals surface area contributed by atoms with E-state index in [0.717, 1.165) is 32.7 Å². The first-order valence-corrected chi connectivity index (χ1v) is 5.23. The molecular formula is C9H21N3O3. The van der Waals surface area contributed by atoms with Gasteiger partial charge in [-0.3, -0.25) is 5.32 Å². The molecule has 0 aliphatic heterocycles. The minimum atomic E-state index is -0.964. The smallest absolute Gasteiger partial charge is 0.404 e. The Labute approximate surface area is 90.4 Å². The van der Waals surface area contributed by atoms with Crippen molar-refractivity contribution in [3.05, 3.63) is 0 Å². The lowest BCUT2D eigenvalue weighted by Gasteiger charge is -2.06. The zero-order chi connectivity index (χ0) is 11.4. The molecule has 0 aromatic heterocycles. The van der Waals surface area contributed by atoms with Crippen molar-refractivity contribution >= 4 is 6.09 Å². The average Bonchev–Trinajstić information content (AvgIpc) is 2.20. The van der Waals surface area contributed by atoms with Gasteiger partial charge >= 0.3 is 6.09 Å². The predicted molar refractivity (Wildman–Crippen MR) is 58.0 cm³/mol. The van der Waals surface area contributed by atoms with Gasteiger partial charge in [0.15, 0.2) is 0 Å². The van der Waals surface area contributed by atoms with Crippen molar-refractivity contribution in [3.63, 3.8) is 0 Å². The number of amides is 1. The Morgan fingerprint density at radius 1 is 1.20 bits per heavy atom. The fourth-order valence-electron chi connectivity index (χ4n) is 0.957. The van der Waals surface area contributed by atoms with Crippen molar-refractivity contribution < 1.29 is 14.6 Å². The summed E-state index contributed by atoms with van der Waals surface area (Å²) in [6.07, 6.45) is -0.161. The third kappa shape index (κ3) is 13.2. The second kappa shape index (κ2) is 11.2. The molecule has 0 aliphatic carbocycles. The first kappa shape index (κ1) is 14.2. The van der Waals surface area contributed by atoms with Crippen LogP contribution in [0.5, 0.6) is 0 Å². The fourth-order valence-corrected chi connectivity index (χ4v) is 0.957. The average molecular weight is 219 g/mol. The molecule has 90 valence electrons. The summed E-state index contributed by atoms with van der Waals surface area (Å²) in [5.74, 6) is 0. The van der Waals surface area contributed by atoms with Crippen LogP contribution in [0.2, 0.25) is 0 Å². The first-order chi connectivity index (χ1) is 7.27. The molecule has 0 fully saturated rings. The third-order valence-electron chi connectivity index (χ3n) is 1.69. The van der Waals surface area contributed by atoms with Gasteiger partial charge in [-0.05, 0) is 19.9 Å². The van der Waals surface area contributed by atoms with Crippen LogP contribution in [0, 0.1) is 0 Å². The van der Waals surface area contributed by atoms with Crippen molar-refractivity contribution in [1.82, 2.24) is 16.0 Å². The van der Waals surface area contributed by atoms with Gasteiger partial charge in [0.25, 0.3) is 0 Å². The second-order valence-electron chi connectivity index (χ2n) is 2.97. The molecule has 6 heteroatoms. The largest absolute Gasteiger partial charge is 0.465 e. The van der Waals surface area contributed by atoms with Gasteiger partial charge in [-0.1, -0.05) is 0 Å². The highest BCUT2D eigenvalue weighted by atomic mass is 16.5. The molecule has 0 atom stereocenters. The third-order valence-corrected chi connectivity index (χ3v) is 1.69. The van der Waals surface area contributed by atoms with Gasteiger partial charge in [-0.25, -0.2) is 4.79 Å². The molecule has 0 saturated carbocycles. The monoisotopic (exact) mass is 219 g/mol. The summed E-state index contributed by atoms with van der Waals surface area (Å²) in [5.41, 5.74) is 0. The molecule has 1 amide bonds. The quantitative estimate of drug-likeness (QED) is 0.302. The van der Waals surface area contributed by atoms with E-state index in [0.29, 0.717) is 13.3 Å². The van der Waals surface area contributed by atoms with Crippen LogP contribution in [0.1, 0.15) is 13.3 Å². The van der Waals surface area contributed by atoms with Gasteiger partial charge in [-0.15, -0.1) is 0 Å². The molecule has 0 saturated heterocycles. The van der Waals surface area contributed by atoms with Gasteiger partial charge in [0.05, 0.1) is 6.73 Å². The van der Waals surface area contributed by atoms with Crippen LogP contribution >= 0.6 is 0 Å². The van der Waals surface area contributed by atoms with E-state index in [1.807, 2.05) is 6.92 Å². The molecule has 0 rings (SSSR count). The molecule has 0 radical (unpaired) electrons. The summed E-state index contributed by atoms with van der Waals surface area (Å²) < 4.78 is 5.09. The predicted octanol–water partition coefficient (Wildman–Crippen LogP) is -0.183. The Morgan fingerprint density at radius 3 is 2.60 bits per heavy atom. The fraction of sp³-hybridized carbons (Fsp3) is 0.889. The van der Waals surface area contributed by atoms with E-state index in [9.17, 15) is 4.79 Å². The molecule has 0 aromatic carbocycles. The van der Waals surface area contributed by atoms with Crippen LogP contribution in [0.15, 0.2) is 0 Å². The number of carboxylic acid groups (broad SMARTS) is 1. The van der Waals surface area contributed by atoms with Gasteiger partial charge in [0.1, 0.15) is 0 Å². The van der Waals surface area contributed by atoms with Gasteiger partial charge < -0.3 is 20.5 Å². The highest BCUT2D eigenvalue weighted by molar-refractivity contribution is 5.64. The Hall–Kier alpha value is -0.850. The van der Waals surface area contributed by atoms with E-state index < -0.39 is 6.09 Å². The van der Waals surface area contributed by atoms with E-state index in [-0.39, 0.29) is 0 Å². The lowest BCUT2D eigenvalue weighted by atomic mass is 10.4. The van der Waals surface area contributed by atoms with Crippen LogP contribution in [0.25, 0.3) is 0 Å². The Morgan fingerprint density at radius 2 is 1.93 bits per heavy atom. The maximum Gasteiger partial charge on any atom is 0.404 e. The standard InChI is InChI=1S/C9H21N3O3/c1-2-15-8-11-7-6-10-4-3-5-12-9(13)14/h10-12H,2-8H2,1H3,(H,13,14). The molecule has 6 nitrogen and oxygen atoms in total. The number of nitrogens with one attached hydrogen (secondary N) is 3. The van der Waals surface area contributed by atoms with Crippen molar-refractivity contribution in [3.8, 4) is 0 Å². The van der Waals surface area contributed by atoms with Gasteiger partial charge in [0, 0.05) is 26.2 Å². The molecule has 0 aromatic rings. The summed E-state index contributed by atoms with van der Waals surface area (Å²) >= 11 is 0. The van der Waals surface area contributed by atoms with Crippen molar-refractivity contribution in [2.75, 3.05) is 39.5 Å². The number of hydrogen-bond donors (Lipinski definition) is 4. The second-order valence-corrected chi connectivity index (χ2v) is 2.97.